The Kier molecular flexibility index (Phi) is 6.49. The van der Waals surface area contributed by atoms with E-state index in [1.54, 1.807) is 38.0 Å². The highest BCUT2D eigenvalue weighted by Crippen LogP contribution is 2.18. The van der Waals surface area contributed by atoms with Crippen LogP contribution in [0.4, 0.5) is 5.82 Å². The smallest absolute Gasteiger partial charge is 0.245 e. The minimum Gasteiger partial charge on any atom is -0.378 e. The number of nitrogens with zero attached hydrogens (tertiary/aromatic N) is 6. The standard InChI is InChI=1S/C19H25N7O2/c1-14(17-11-20-4-5-21-17)10-22-16(3)24-18(27)12-26-13-23-19(15(26)2)25-6-8-28-9-7-25/h4-5,10-11,13H,6-9,12H2,1-3H3,(H,22,24,27)/b14-10+. The number of hydrogen-bond acceptors (Lipinski definition) is 7. The number of allylic oxidation sites excluding steroid dienone is 1. The Morgan fingerprint density at radius 3 is 2.79 bits per heavy atom. The third-order valence-electron chi connectivity index (χ3n) is 4.44. The molecule has 0 radical (unpaired) electrons. The van der Waals surface area contributed by atoms with Crippen LogP contribution in [0.15, 0.2) is 36.1 Å². The second kappa shape index (κ2) is 9.23. The van der Waals surface area contributed by atoms with Gasteiger partial charge in [-0.05, 0) is 26.3 Å². The number of morpholine rings is 1. The van der Waals surface area contributed by atoms with Gasteiger partial charge >= 0.3 is 0 Å². The molecule has 0 bridgehead atoms. The monoisotopic (exact) mass is 383 g/mol. The summed E-state index contributed by atoms with van der Waals surface area (Å²) >= 11 is 0. The van der Waals surface area contributed by atoms with E-state index >= 15 is 0 Å². The molecule has 1 aliphatic rings. The molecule has 1 saturated heterocycles. The highest BCUT2D eigenvalue weighted by molar-refractivity contribution is 5.97. The summed E-state index contributed by atoms with van der Waals surface area (Å²) in [5, 5.41) is 2.80. The van der Waals surface area contributed by atoms with Gasteiger partial charge in [0, 0.05) is 31.7 Å². The average molecular weight is 383 g/mol. The molecule has 0 saturated carbocycles. The number of rotatable bonds is 5. The third kappa shape index (κ3) is 5.01. The van der Waals surface area contributed by atoms with Gasteiger partial charge in [-0.2, -0.15) is 0 Å². The van der Waals surface area contributed by atoms with Crippen LogP contribution < -0.4 is 10.2 Å². The highest BCUT2D eigenvalue weighted by atomic mass is 16.5. The number of imidazole rings is 1. The Morgan fingerprint density at radius 2 is 2.07 bits per heavy atom. The molecule has 9 heteroatoms. The summed E-state index contributed by atoms with van der Waals surface area (Å²) < 4.78 is 7.22. The van der Waals surface area contributed by atoms with Gasteiger partial charge in [-0.25, -0.2) is 9.98 Å². The van der Waals surface area contributed by atoms with Crippen molar-refractivity contribution in [1.29, 1.82) is 0 Å². The predicted octanol–water partition coefficient (Wildman–Crippen LogP) is 1.41. The zero-order chi connectivity index (χ0) is 19.9. The minimum absolute atomic E-state index is 0.152. The SMILES string of the molecule is C/C(=C\N=C(/C)NC(=O)Cn1cnc(N2CCOCC2)c1C)c1cnccn1. The van der Waals surface area contributed by atoms with Crippen LogP contribution in [0.25, 0.3) is 5.57 Å². The molecule has 2 aromatic heterocycles. The van der Waals surface area contributed by atoms with Crippen molar-refractivity contribution in [2.45, 2.75) is 27.3 Å². The first kappa shape index (κ1) is 19.7. The van der Waals surface area contributed by atoms with Gasteiger partial charge in [0.1, 0.15) is 18.2 Å². The minimum atomic E-state index is -0.152. The summed E-state index contributed by atoms with van der Waals surface area (Å²) in [4.78, 5) is 31.5. The van der Waals surface area contributed by atoms with Gasteiger partial charge in [-0.1, -0.05) is 0 Å². The maximum absolute atomic E-state index is 12.4. The summed E-state index contributed by atoms with van der Waals surface area (Å²) in [6, 6.07) is 0. The number of carbonyl (C=O) groups is 1. The van der Waals surface area contributed by atoms with E-state index in [1.165, 1.54) is 0 Å². The van der Waals surface area contributed by atoms with E-state index in [0.29, 0.717) is 19.0 Å². The molecule has 3 heterocycles. The van der Waals surface area contributed by atoms with Crippen LogP contribution in [0.1, 0.15) is 25.2 Å². The van der Waals surface area contributed by atoms with E-state index in [-0.39, 0.29) is 12.5 Å². The van der Waals surface area contributed by atoms with Crippen molar-refractivity contribution in [3.05, 3.63) is 42.5 Å². The molecule has 3 rings (SSSR count). The molecule has 0 atom stereocenters. The largest absolute Gasteiger partial charge is 0.378 e. The highest BCUT2D eigenvalue weighted by Gasteiger charge is 2.18. The topological polar surface area (TPSA) is 97.5 Å². The fourth-order valence-electron chi connectivity index (χ4n) is 2.87. The number of ether oxygens (including phenoxy) is 1. The van der Waals surface area contributed by atoms with E-state index in [0.717, 1.165) is 35.9 Å². The Balaban J connectivity index is 1.58. The van der Waals surface area contributed by atoms with Crippen LogP contribution >= 0.6 is 0 Å². The third-order valence-corrected chi connectivity index (χ3v) is 4.44. The Morgan fingerprint density at radius 1 is 1.29 bits per heavy atom. The lowest BCUT2D eigenvalue weighted by Gasteiger charge is -2.27. The summed E-state index contributed by atoms with van der Waals surface area (Å²) in [5.41, 5.74) is 2.57. The van der Waals surface area contributed by atoms with Gasteiger partial charge in [0.2, 0.25) is 5.91 Å². The quantitative estimate of drug-likeness (QED) is 0.619. The van der Waals surface area contributed by atoms with Crippen molar-refractivity contribution in [1.82, 2.24) is 24.8 Å². The Hall–Kier alpha value is -3.07. The van der Waals surface area contributed by atoms with Gasteiger partial charge in [-0.3, -0.25) is 14.8 Å². The van der Waals surface area contributed by atoms with Gasteiger partial charge in [0.15, 0.2) is 0 Å². The number of aliphatic imine (C=N–C) groups is 1. The number of anilines is 1. The van der Waals surface area contributed by atoms with Gasteiger partial charge in [-0.15, -0.1) is 0 Å². The van der Waals surface area contributed by atoms with Crippen molar-refractivity contribution >= 4 is 23.1 Å². The number of aromatic nitrogens is 4. The van der Waals surface area contributed by atoms with Gasteiger partial charge < -0.3 is 19.5 Å². The van der Waals surface area contributed by atoms with Crippen LogP contribution in [-0.4, -0.2) is 57.6 Å². The van der Waals surface area contributed by atoms with E-state index in [9.17, 15) is 4.79 Å². The number of nitrogens with one attached hydrogen (secondary N) is 1. The normalized spacial score (nSPS) is 15.6. The Bertz CT molecular complexity index is 868. The van der Waals surface area contributed by atoms with Crippen molar-refractivity contribution in [3.63, 3.8) is 0 Å². The first-order valence-corrected chi connectivity index (χ1v) is 9.16. The molecule has 1 aliphatic heterocycles. The fourth-order valence-corrected chi connectivity index (χ4v) is 2.87. The van der Waals surface area contributed by atoms with E-state index in [4.69, 9.17) is 4.74 Å². The number of carbonyl (C=O) groups excluding carboxylic acids is 1. The lowest BCUT2D eigenvalue weighted by Crippen LogP contribution is -2.37. The van der Waals surface area contributed by atoms with Crippen molar-refractivity contribution in [3.8, 4) is 0 Å². The molecule has 9 nitrogen and oxygen atoms in total. The van der Waals surface area contributed by atoms with Crippen LogP contribution in [0.5, 0.6) is 0 Å². The molecule has 0 aliphatic carbocycles. The molecule has 28 heavy (non-hydrogen) atoms. The summed E-state index contributed by atoms with van der Waals surface area (Å²) in [6.45, 7) is 8.82. The molecular formula is C19H25N7O2. The lowest BCUT2D eigenvalue weighted by molar-refractivity contribution is -0.120. The summed E-state index contributed by atoms with van der Waals surface area (Å²) in [7, 11) is 0. The summed E-state index contributed by atoms with van der Waals surface area (Å²) in [5.74, 6) is 1.27. The molecule has 1 fully saturated rings. The molecule has 148 valence electrons. The summed E-state index contributed by atoms with van der Waals surface area (Å²) in [6.07, 6.45) is 8.28. The van der Waals surface area contributed by atoms with Crippen LogP contribution in [0, 0.1) is 6.92 Å². The molecule has 1 amide bonds. The van der Waals surface area contributed by atoms with Crippen molar-refractivity contribution in [2.24, 2.45) is 4.99 Å². The second-order valence-corrected chi connectivity index (χ2v) is 6.55. The molecule has 1 N–H and O–H groups in total. The zero-order valence-corrected chi connectivity index (χ0v) is 16.4. The first-order chi connectivity index (χ1) is 13.5. The average Bonchev–Trinajstić information content (AvgIpc) is 3.07. The van der Waals surface area contributed by atoms with Crippen molar-refractivity contribution in [2.75, 3.05) is 31.2 Å². The van der Waals surface area contributed by atoms with Gasteiger partial charge in [0.05, 0.1) is 37.1 Å². The zero-order valence-electron chi connectivity index (χ0n) is 16.4. The first-order valence-electron chi connectivity index (χ1n) is 9.16. The van der Waals surface area contributed by atoms with E-state index in [2.05, 4.69) is 30.2 Å². The number of amides is 1. The maximum Gasteiger partial charge on any atom is 0.245 e. The number of amidine groups is 1. The molecule has 2 aromatic rings. The van der Waals surface area contributed by atoms with Crippen LogP contribution in [-0.2, 0) is 16.1 Å². The predicted molar refractivity (Wildman–Crippen MR) is 107 cm³/mol. The van der Waals surface area contributed by atoms with Gasteiger partial charge in [0.25, 0.3) is 0 Å². The fraction of sp³-hybridized carbons (Fsp3) is 0.421. The van der Waals surface area contributed by atoms with Crippen LogP contribution in [0.3, 0.4) is 0 Å². The number of hydrogen-bond donors (Lipinski definition) is 1. The molecular weight excluding hydrogens is 358 g/mol. The molecule has 0 spiro atoms. The second-order valence-electron chi connectivity index (χ2n) is 6.55. The Labute approximate surface area is 164 Å². The lowest BCUT2D eigenvalue weighted by atomic mass is 10.2. The van der Waals surface area contributed by atoms with Crippen molar-refractivity contribution < 1.29 is 9.53 Å². The molecule has 0 unspecified atom stereocenters. The van der Waals surface area contributed by atoms with Crippen LogP contribution in [0.2, 0.25) is 0 Å². The maximum atomic E-state index is 12.4. The molecule has 0 aromatic carbocycles. The van der Waals surface area contributed by atoms with E-state index < -0.39 is 0 Å². The van der Waals surface area contributed by atoms with E-state index in [1.807, 2.05) is 18.4 Å².